The minimum atomic E-state index is -3.46. The summed E-state index contributed by atoms with van der Waals surface area (Å²) in [5.74, 6) is -0.0978. The molecular formula is C12H16N2O5S. The van der Waals surface area contributed by atoms with Crippen LogP contribution in [0.3, 0.4) is 0 Å². The lowest BCUT2D eigenvalue weighted by molar-refractivity contribution is -0.384. The molecule has 1 aromatic carbocycles. The lowest BCUT2D eigenvalue weighted by Gasteiger charge is -2.16. The molecule has 7 nitrogen and oxygen atoms in total. The van der Waals surface area contributed by atoms with Crippen LogP contribution in [-0.4, -0.2) is 35.3 Å². The van der Waals surface area contributed by atoms with Crippen molar-refractivity contribution in [2.75, 3.05) is 5.75 Å². The van der Waals surface area contributed by atoms with Crippen LogP contribution in [0.25, 0.3) is 0 Å². The Morgan fingerprint density at radius 3 is 2.55 bits per heavy atom. The molecule has 1 atom stereocenters. The van der Waals surface area contributed by atoms with Crippen molar-refractivity contribution >= 4 is 21.2 Å². The van der Waals surface area contributed by atoms with Crippen molar-refractivity contribution in [3.8, 4) is 0 Å². The molecule has 0 aliphatic heterocycles. The summed E-state index contributed by atoms with van der Waals surface area (Å²) in [6.07, 6.45) is 0.220. The molecule has 0 fully saturated rings. The summed E-state index contributed by atoms with van der Waals surface area (Å²) < 4.78 is 24.0. The van der Waals surface area contributed by atoms with E-state index in [1.165, 1.54) is 31.2 Å². The molecule has 0 spiro atoms. The maximum Gasteiger partial charge on any atom is 0.270 e. The predicted octanol–water partition coefficient (Wildman–Crippen LogP) is 1.99. The fourth-order valence-electron chi connectivity index (χ4n) is 1.91. The highest BCUT2D eigenvalue weighted by atomic mass is 32.2. The highest BCUT2D eigenvalue weighted by Crippen LogP contribution is 2.19. The summed E-state index contributed by atoms with van der Waals surface area (Å²) in [7, 11) is -3.46. The standard InChI is InChI=1S/C12H16N2O5S/c1-3-11(20(18,19)4-2)12(13-15)9-6-5-7-10(8-9)14(16)17/h5-8,11,15H,3-4H2,1-2H3/b13-12-/t11-/m1/s1. The van der Waals surface area contributed by atoms with Gasteiger partial charge >= 0.3 is 0 Å². The first-order valence-electron chi connectivity index (χ1n) is 6.05. The van der Waals surface area contributed by atoms with Crippen LogP contribution in [0.15, 0.2) is 29.4 Å². The Labute approximate surface area is 117 Å². The summed E-state index contributed by atoms with van der Waals surface area (Å²) in [5, 5.41) is 21.9. The first-order valence-corrected chi connectivity index (χ1v) is 7.77. The van der Waals surface area contributed by atoms with Crippen LogP contribution in [0.4, 0.5) is 5.69 Å². The molecule has 1 N–H and O–H groups in total. The Bertz CT molecular complexity index is 624. The second-order valence-corrected chi connectivity index (χ2v) is 6.61. The smallest absolute Gasteiger partial charge is 0.270 e. The average Bonchev–Trinajstić information content (AvgIpc) is 2.44. The molecule has 0 unspecified atom stereocenters. The molecule has 0 aliphatic rings. The number of sulfone groups is 1. The van der Waals surface area contributed by atoms with Crippen LogP contribution in [0, 0.1) is 10.1 Å². The Hall–Kier alpha value is -1.96. The van der Waals surface area contributed by atoms with Gasteiger partial charge in [-0.3, -0.25) is 10.1 Å². The lowest BCUT2D eigenvalue weighted by atomic mass is 10.1. The molecule has 20 heavy (non-hydrogen) atoms. The zero-order chi connectivity index (χ0) is 15.3. The predicted molar refractivity (Wildman–Crippen MR) is 75.0 cm³/mol. The van der Waals surface area contributed by atoms with Crippen molar-refractivity contribution in [2.45, 2.75) is 25.5 Å². The van der Waals surface area contributed by atoms with Crippen LogP contribution in [-0.2, 0) is 9.84 Å². The average molecular weight is 300 g/mol. The largest absolute Gasteiger partial charge is 0.411 e. The van der Waals surface area contributed by atoms with E-state index in [1.54, 1.807) is 6.92 Å². The lowest BCUT2D eigenvalue weighted by Crippen LogP contribution is -2.32. The highest BCUT2D eigenvalue weighted by Gasteiger charge is 2.29. The van der Waals surface area contributed by atoms with Gasteiger partial charge in [-0.05, 0) is 6.42 Å². The zero-order valence-corrected chi connectivity index (χ0v) is 12.0. The molecule has 0 aliphatic carbocycles. The third kappa shape index (κ3) is 3.32. The number of non-ortho nitro benzene ring substituents is 1. The van der Waals surface area contributed by atoms with Crippen molar-refractivity contribution in [1.29, 1.82) is 0 Å². The SMILES string of the molecule is CC[C@H](/C(=N\O)c1cccc([N+](=O)[O-])c1)S(=O)(=O)CC. The fraction of sp³-hybridized carbons (Fsp3) is 0.417. The van der Waals surface area contributed by atoms with E-state index in [0.717, 1.165) is 0 Å². The molecule has 0 amide bonds. The molecule has 0 saturated carbocycles. The van der Waals surface area contributed by atoms with Crippen molar-refractivity contribution in [1.82, 2.24) is 0 Å². The maximum absolute atomic E-state index is 12.0. The van der Waals surface area contributed by atoms with Gasteiger partial charge in [0.25, 0.3) is 5.69 Å². The molecule has 8 heteroatoms. The van der Waals surface area contributed by atoms with E-state index in [-0.39, 0.29) is 29.1 Å². The minimum absolute atomic E-state index is 0.0712. The van der Waals surface area contributed by atoms with Crippen molar-refractivity contribution in [2.24, 2.45) is 5.16 Å². The van der Waals surface area contributed by atoms with E-state index in [4.69, 9.17) is 5.21 Å². The van der Waals surface area contributed by atoms with Crippen LogP contribution in [0.2, 0.25) is 0 Å². The molecule has 1 rings (SSSR count). The first-order chi connectivity index (χ1) is 9.37. The maximum atomic E-state index is 12.0. The van der Waals surface area contributed by atoms with Crippen LogP contribution >= 0.6 is 0 Å². The van der Waals surface area contributed by atoms with E-state index < -0.39 is 20.0 Å². The van der Waals surface area contributed by atoms with Gasteiger partial charge in [0.2, 0.25) is 0 Å². The van der Waals surface area contributed by atoms with E-state index in [9.17, 15) is 18.5 Å². The molecule has 0 aromatic heterocycles. The van der Waals surface area contributed by atoms with Gasteiger partial charge in [-0.2, -0.15) is 0 Å². The summed E-state index contributed by atoms with van der Waals surface area (Å²) in [6, 6.07) is 5.39. The van der Waals surface area contributed by atoms with E-state index in [2.05, 4.69) is 5.16 Å². The number of nitrogens with zero attached hydrogens (tertiary/aromatic N) is 2. The van der Waals surface area contributed by atoms with Crippen LogP contribution in [0.1, 0.15) is 25.8 Å². The normalized spacial score (nSPS) is 14.0. The molecule has 0 radical (unpaired) electrons. The first kappa shape index (κ1) is 16.1. The summed E-state index contributed by atoms with van der Waals surface area (Å²) in [6.45, 7) is 3.15. The summed E-state index contributed by atoms with van der Waals surface area (Å²) >= 11 is 0. The Morgan fingerprint density at radius 2 is 2.10 bits per heavy atom. The minimum Gasteiger partial charge on any atom is -0.411 e. The molecular weight excluding hydrogens is 284 g/mol. The Morgan fingerprint density at radius 1 is 1.45 bits per heavy atom. The van der Waals surface area contributed by atoms with Gasteiger partial charge < -0.3 is 5.21 Å². The summed E-state index contributed by atoms with van der Waals surface area (Å²) in [4.78, 5) is 10.2. The molecule has 0 saturated heterocycles. The third-order valence-electron chi connectivity index (χ3n) is 2.97. The monoisotopic (exact) mass is 300 g/mol. The van der Waals surface area contributed by atoms with Gasteiger partial charge in [-0.1, -0.05) is 31.1 Å². The quantitative estimate of drug-likeness (QED) is 0.374. The van der Waals surface area contributed by atoms with Crippen molar-refractivity contribution in [3.63, 3.8) is 0 Å². The highest BCUT2D eigenvalue weighted by molar-refractivity contribution is 7.92. The molecule has 1 aromatic rings. The van der Waals surface area contributed by atoms with E-state index in [1.807, 2.05) is 0 Å². The van der Waals surface area contributed by atoms with Gasteiger partial charge in [-0.15, -0.1) is 0 Å². The van der Waals surface area contributed by atoms with Crippen LogP contribution < -0.4 is 0 Å². The van der Waals surface area contributed by atoms with E-state index >= 15 is 0 Å². The van der Waals surface area contributed by atoms with Gasteiger partial charge in [0.05, 0.1) is 4.92 Å². The van der Waals surface area contributed by atoms with Crippen molar-refractivity contribution in [3.05, 3.63) is 39.9 Å². The van der Waals surface area contributed by atoms with Crippen LogP contribution in [0.5, 0.6) is 0 Å². The Kier molecular flexibility index (Phi) is 5.20. The number of oxime groups is 1. The topological polar surface area (TPSA) is 110 Å². The van der Waals surface area contributed by atoms with Gasteiger partial charge in [0, 0.05) is 23.4 Å². The molecule has 0 heterocycles. The van der Waals surface area contributed by atoms with Gasteiger partial charge in [0.1, 0.15) is 11.0 Å². The Balaban J connectivity index is 3.33. The molecule has 110 valence electrons. The van der Waals surface area contributed by atoms with E-state index in [0.29, 0.717) is 0 Å². The second kappa shape index (κ2) is 6.47. The zero-order valence-electron chi connectivity index (χ0n) is 11.2. The fourth-order valence-corrected chi connectivity index (χ4v) is 3.34. The number of nitro groups is 1. The number of nitro benzene ring substituents is 1. The number of hydrogen-bond acceptors (Lipinski definition) is 6. The molecule has 0 bridgehead atoms. The summed E-state index contributed by atoms with van der Waals surface area (Å²) in [5.41, 5.74) is -0.0315. The third-order valence-corrected chi connectivity index (χ3v) is 5.20. The van der Waals surface area contributed by atoms with Gasteiger partial charge in [0.15, 0.2) is 9.84 Å². The number of rotatable bonds is 6. The number of hydrogen-bond donors (Lipinski definition) is 1. The second-order valence-electron chi connectivity index (χ2n) is 4.14. The number of benzene rings is 1. The van der Waals surface area contributed by atoms with Gasteiger partial charge in [-0.25, -0.2) is 8.42 Å². The van der Waals surface area contributed by atoms with Crippen molar-refractivity contribution < 1.29 is 18.5 Å².